The number of nitrogens with one attached hydrogen (secondary N) is 2. The van der Waals surface area contributed by atoms with E-state index in [4.69, 9.17) is 16.6 Å². The maximum Gasteiger partial charge on any atom is 0.306 e. The van der Waals surface area contributed by atoms with E-state index in [1.165, 1.54) is 0 Å². The molecule has 6 heteroatoms. The van der Waals surface area contributed by atoms with Gasteiger partial charge in [0.05, 0.1) is 12.1 Å². The lowest BCUT2D eigenvalue weighted by Gasteiger charge is -2.30. The van der Waals surface area contributed by atoms with Crippen LogP contribution in [0.3, 0.4) is 0 Å². The zero-order valence-corrected chi connectivity index (χ0v) is 8.55. The van der Waals surface area contributed by atoms with Crippen LogP contribution >= 0.6 is 0 Å². The Morgan fingerprint density at radius 2 is 1.71 bits per heavy atom. The van der Waals surface area contributed by atoms with Gasteiger partial charge in [0, 0.05) is 26.2 Å². The van der Waals surface area contributed by atoms with E-state index in [0.717, 1.165) is 0 Å². The van der Waals surface area contributed by atoms with Crippen molar-refractivity contribution < 1.29 is 9.90 Å². The quantitative estimate of drug-likeness (QED) is 0.300. The molecule has 0 aliphatic heterocycles. The van der Waals surface area contributed by atoms with Crippen LogP contribution in [-0.2, 0) is 4.79 Å². The fourth-order valence-corrected chi connectivity index (χ4v) is 1.19. The van der Waals surface area contributed by atoms with E-state index in [2.05, 4.69) is 10.6 Å². The number of aliphatic carboxylic acids is 1. The highest BCUT2D eigenvalue weighted by atomic mass is 16.4. The molecule has 0 atom stereocenters. The standard InChI is InChI=1S/C8H20N4O2/c1-8(6-7(13)14,11-4-2-9)12-5-3-10/h11-12H,2-6,9-10H2,1H3,(H,13,14). The van der Waals surface area contributed by atoms with Crippen LogP contribution in [0.25, 0.3) is 0 Å². The number of rotatable bonds is 8. The summed E-state index contributed by atoms with van der Waals surface area (Å²) in [7, 11) is 0. The first-order chi connectivity index (χ1) is 6.54. The molecule has 6 nitrogen and oxygen atoms in total. The molecule has 0 heterocycles. The third-order valence-corrected chi connectivity index (χ3v) is 1.82. The average molecular weight is 204 g/mol. The topological polar surface area (TPSA) is 113 Å². The molecule has 0 radical (unpaired) electrons. The van der Waals surface area contributed by atoms with Crippen LogP contribution in [0.5, 0.6) is 0 Å². The highest BCUT2D eigenvalue weighted by Crippen LogP contribution is 2.04. The molecule has 0 saturated carbocycles. The van der Waals surface area contributed by atoms with E-state index in [1.54, 1.807) is 6.92 Å². The normalized spacial score (nSPS) is 11.6. The predicted molar refractivity (Wildman–Crippen MR) is 54.8 cm³/mol. The van der Waals surface area contributed by atoms with Crippen molar-refractivity contribution >= 4 is 5.97 Å². The van der Waals surface area contributed by atoms with Gasteiger partial charge in [-0.2, -0.15) is 0 Å². The van der Waals surface area contributed by atoms with E-state index in [1.807, 2.05) is 0 Å². The lowest BCUT2D eigenvalue weighted by atomic mass is 10.1. The molecule has 0 aliphatic rings. The first kappa shape index (κ1) is 13.3. The summed E-state index contributed by atoms with van der Waals surface area (Å²) in [5.41, 5.74) is 10.0. The summed E-state index contributed by atoms with van der Waals surface area (Å²) in [4.78, 5) is 10.6. The molecule has 84 valence electrons. The number of hydrogen-bond donors (Lipinski definition) is 5. The van der Waals surface area contributed by atoms with E-state index in [9.17, 15) is 4.79 Å². The molecule has 0 bridgehead atoms. The maximum atomic E-state index is 10.6. The minimum Gasteiger partial charge on any atom is -0.481 e. The fraction of sp³-hybridized carbons (Fsp3) is 0.875. The van der Waals surface area contributed by atoms with Crippen LogP contribution in [0.2, 0.25) is 0 Å². The second-order valence-corrected chi connectivity index (χ2v) is 3.33. The first-order valence-corrected chi connectivity index (χ1v) is 4.66. The SMILES string of the molecule is CC(CC(=O)O)(NCCN)NCCN. The van der Waals surface area contributed by atoms with Gasteiger partial charge >= 0.3 is 5.97 Å². The predicted octanol–water partition coefficient (Wildman–Crippen LogP) is -1.73. The monoisotopic (exact) mass is 204 g/mol. The smallest absolute Gasteiger partial charge is 0.306 e. The van der Waals surface area contributed by atoms with Crippen molar-refractivity contribution in [3.63, 3.8) is 0 Å². The van der Waals surface area contributed by atoms with Crippen LogP contribution < -0.4 is 22.1 Å². The molecule has 0 unspecified atom stereocenters. The van der Waals surface area contributed by atoms with Crippen molar-refractivity contribution in [3.8, 4) is 0 Å². The molecule has 0 saturated heterocycles. The van der Waals surface area contributed by atoms with Gasteiger partial charge in [-0.25, -0.2) is 0 Å². The minimum absolute atomic E-state index is 0.00694. The minimum atomic E-state index is -0.860. The van der Waals surface area contributed by atoms with E-state index >= 15 is 0 Å². The molecule has 0 aromatic rings. The van der Waals surface area contributed by atoms with Crippen LogP contribution in [0.4, 0.5) is 0 Å². The summed E-state index contributed by atoms with van der Waals surface area (Å²) in [5, 5.41) is 14.8. The number of hydrogen-bond acceptors (Lipinski definition) is 5. The van der Waals surface area contributed by atoms with Gasteiger partial charge in [-0.15, -0.1) is 0 Å². The zero-order valence-electron chi connectivity index (χ0n) is 8.55. The number of carboxylic acid groups (broad SMARTS) is 1. The van der Waals surface area contributed by atoms with Crippen LogP contribution in [-0.4, -0.2) is 42.9 Å². The van der Waals surface area contributed by atoms with Crippen molar-refractivity contribution in [1.29, 1.82) is 0 Å². The van der Waals surface area contributed by atoms with Crippen LogP contribution in [0.1, 0.15) is 13.3 Å². The Balaban J connectivity index is 4.09. The van der Waals surface area contributed by atoms with Crippen LogP contribution in [0, 0.1) is 0 Å². The lowest BCUT2D eigenvalue weighted by molar-refractivity contribution is -0.138. The van der Waals surface area contributed by atoms with Gasteiger partial charge in [0.25, 0.3) is 0 Å². The molecule has 0 rings (SSSR count). The molecule has 0 aliphatic carbocycles. The van der Waals surface area contributed by atoms with Crippen molar-refractivity contribution in [3.05, 3.63) is 0 Å². The van der Waals surface area contributed by atoms with Gasteiger partial charge in [0.2, 0.25) is 0 Å². The fourth-order valence-electron chi connectivity index (χ4n) is 1.19. The molecular formula is C8H20N4O2. The van der Waals surface area contributed by atoms with Gasteiger partial charge in [0.15, 0.2) is 0 Å². The van der Waals surface area contributed by atoms with Crippen molar-refractivity contribution in [2.75, 3.05) is 26.2 Å². The summed E-state index contributed by atoms with van der Waals surface area (Å²) in [6, 6.07) is 0. The van der Waals surface area contributed by atoms with Crippen molar-refractivity contribution in [2.24, 2.45) is 11.5 Å². The lowest BCUT2D eigenvalue weighted by Crippen LogP contribution is -2.57. The molecule has 0 fully saturated rings. The Morgan fingerprint density at radius 1 is 1.29 bits per heavy atom. The Bertz CT molecular complexity index is 167. The summed E-state index contributed by atoms with van der Waals surface area (Å²) >= 11 is 0. The Morgan fingerprint density at radius 3 is 2.00 bits per heavy atom. The molecule has 14 heavy (non-hydrogen) atoms. The molecule has 0 aromatic heterocycles. The van der Waals surface area contributed by atoms with Gasteiger partial charge in [-0.1, -0.05) is 0 Å². The third kappa shape index (κ3) is 5.87. The molecule has 7 N–H and O–H groups in total. The third-order valence-electron chi connectivity index (χ3n) is 1.82. The molecule has 0 spiro atoms. The molecule has 0 aromatic carbocycles. The second kappa shape index (κ2) is 6.72. The number of nitrogens with two attached hydrogens (primary N) is 2. The highest BCUT2D eigenvalue weighted by molar-refractivity contribution is 5.68. The summed E-state index contributed by atoms with van der Waals surface area (Å²) in [5.74, 6) is -0.860. The van der Waals surface area contributed by atoms with Crippen LogP contribution in [0.15, 0.2) is 0 Å². The van der Waals surface area contributed by atoms with E-state index < -0.39 is 11.6 Å². The Labute approximate surface area is 84.0 Å². The van der Waals surface area contributed by atoms with Gasteiger partial charge < -0.3 is 16.6 Å². The maximum absolute atomic E-state index is 10.6. The van der Waals surface area contributed by atoms with Gasteiger partial charge in [-0.05, 0) is 6.92 Å². The first-order valence-electron chi connectivity index (χ1n) is 4.66. The number of carboxylic acids is 1. The Hall–Kier alpha value is -0.690. The largest absolute Gasteiger partial charge is 0.481 e. The zero-order chi connectivity index (χ0) is 11.0. The average Bonchev–Trinajstić information content (AvgIpc) is 2.11. The number of carbonyl (C=O) groups is 1. The van der Waals surface area contributed by atoms with E-state index in [0.29, 0.717) is 26.2 Å². The highest BCUT2D eigenvalue weighted by Gasteiger charge is 2.25. The van der Waals surface area contributed by atoms with Crippen molar-refractivity contribution in [2.45, 2.75) is 19.0 Å². The summed E-state index contributed by atoms with van der Waals surface area (Å²) < 4.78 is 0. The Kier molecular flexibility index (Phi) is 6.39. The molecule has 0 amide bonds. The summed E-state index contributed by atoms with van der Waals surface area (Å²) in [6.45, 7) is 3.87. The van der Waals surface area contributed by atoms with E-state index in [-0.39, 0.29) is 6.42 Å². The second-order valence-electron chi connectivity index (χ2n) is 3.33. The van der Waals surface area contributed by atoms with Gasteiger partial charge in [0.1, 0.15) is 0 Å². The van der Waals surface area contributed by atoms with Crippen molar-refractivity contribution in [1.82, 2.24) is 10.6 Å². The molecular weight excluding hydrogens is 184 g/mol. The summed E-state index contributed by atoms with van der Waals surface area (Å²) in [6.07, 6.45) is -0.00694. The van der Waals surface area contributed by atoms with Gasteiger partial charge in [-0.3, -0.25) is 15.4 Å².